The molecule has 4 nitrogen and oxygen atoms in total. The van der Waals surface area contributed by atoms with Gasteiger partial charge in [-0.1, -0.05) is 42.5 Å². The van der Waals surface area contributed by atoms with Crippen LogP contribution >= 0.6 is 24.0 Å². The number of rotatable bonds is 5. The van der Waals surface area contributed by atoms with Crippen molar-refractivity contribution in [3.05, 3.63) is 66.0 Å². The molecule has 0 aliphatic carbocycles. The molecule has 1 aromatic heterocycles. The van der Waals surface area contributed by atoms with Gasteiger partial charge in [-0.2, -0.15) is 0 Å². The molecule has 0 bridgehead atoms. The fourth-order valence-corrected chi connectivity index (χ4v) is 4.05. The van der Waals surface area contributed by atoms with E-state index >= 15 is 0 Å². The zero-order chi connectivity index (χ0) is 18.2. The summed E-state index contributed by atoms with van der Waals surface area (Å²) in [6.07, 6.45) is 4.66. The van der Waals surface area contributed by atoms with Crippen LogP contribution in [0.3, 0.4) is 0 Å². The number of pyridine rings is 1. The van der Waals surface area contributed by atoms with Gasteiger partial charge in [-0.25, -0.2) is 0 Å². The van der Waals surface area contributed by atoms with E-state index in [1.807, 2.05) is 47.6 Å². The van der Waals surface area contributed by atoms with Crippen molar-refractivity contribution >= 4 is 34.1 Å². The number of hydrogen-bond acceptors (Lipinski definition) is 5. The molecular formula is C20H23N3OS2. The Morgan fingerprint density at radius 2 is 1.81 bits per heavy atom. The number of thiocarbonyl (C=S) groups is 1. The molecule has 0 saturated carbocycles. The zero-order valence-electron chi connectivity index (χ0n) is 14.7. The summed E-state index contributed by atoms with van der Waals surface area (Å²) >= 11 is 6.90. The highest BCUT2D eigenvalue weighted by atomic mass is 32.2. The van der Waals surface area contributed by atoms with Crippen LogP contribution in [0.5, 0.6) is 0 Å². The first-order valence-corrected chi connectivity index (χ1v) is 10.2. The maximum atomic E-state index is 12.6. The van der Waals surface area contributed by atoms with Crippen LogP contribution in [-0.4, -0.2) is 56.8 Å². The van der Waals surface area contributed by atoms with Crippen LogP contribution in [0, 0.1) is 0 Å². The Hall–Kier alpha value is -1.76. The summed E-state index contributed by atoms with van der Waals surface area (Å²) < 4.78 is 0.785. The van der Waals surface area contributed by atoms with Gasteiger partial charge in [0.05, 0.1) is 9.95 Å². The third kappa shape index (κ3) is 5.62. The number of aromatic nitrogens is 1. The minimum absolute atomic E-state index is 0.180. The van der Waals surface area contributed by atoms with E-state index in [0.29, 0.717) is 5.75 Å². The van der Waals surface area contributed by atoms with Crippen LogP contribution in [0.2, 0.25) is 0 Å². The highest BCUT2D eigenvalue weighted by Gasteiger charge is 2.19. The van der Waals surface area contributed by atoms with Gasteiger partial charge in [0.1, 0.15) is 0 Å². The number of thioether (sulfide) groups is 1. The van der Waals surface area contributed by atoms with Crippen molar-refractivity contribution in [2.45, 2.75) is 13.0 Å². The number of nitrogens with zero attached hydrogens (tertiary/aromatic N) is 3. The lowest BCUT2D eigenvalue weighted by Crippen LogP contribution is -2.36. The van der Waals surface area contributed by atoms with Crippen LogP contribution < -0.4 is 0 Å². The quantitative estimate of drug-likeness (QED) is 0.739. The molecule has 6 heteroatoms. The van der Waals surface area contributed by atoms with Crippen LogP contribution in [0.1, 0.15) is 17.5 Å². The van der Waals surface area contributed by atoms with E-state index in [9.17, 15) is 4.79 Å². The Labute approximate surface area is 164 Å². The Morgan fingerprint density at radius 1 is 1.04 bits per heavy atom. The minimum atomic E-state index is 0.180. The van der Waals surface area contributed by atoms with E-state index in [-0.39, 0.29) is 5.91 Å². The van der Waals surface area contributed by atoms with Crippen molar-refractivity contribution in [3.8, 4) is 0 Å². The van der Waals surface area contributed by atoms with Gasteiger partial charge in [-0.3, -0.25) is 14.7 Å². The number of hydrogen-bond donors (Lipinski definition) is 0. The number of carbonyl (C=O) groups is 1. The standard InChI is InChI=1S/C20H23N3OS2/c24-19(16-26-20(25)18-5-2-1-3-6-18)23-12-4-11-22(13-14-23)15-17-7-9-21-10-8-17/h1-3,5-10H,4,11-16H2. The van der Waals surface area contributed by atoms with Gasteiger partial charge in [0.15, 0.2) is 0 Å². The van der Waals surface area contributed by atoms with E-state index < -0.39 is 0 Å². The normalized spacial score (nSPS) is 15.5. The number of amides is 1. The van der Waals surface area contributed by atoms with Crippen molar-refractivity contribution in [2.24, 2.45) is 0 Å². The molecule has 1 saturated heterocycles. The summed E-state index contributed by atoms with van der Waals surface area (Å²) in [5, 5.41) is 0. The number of benzene rings is 1. The molecule has 1 amide bonds. The monoisotopic (exact) mass is 385 g/mol. The van der Waals surface area contributed by atoms with Crippen molar-refractivity contribution in [1.29, 1.82) is 0 Å². The summed E-state index contributed by atoms with van der Waals surface area (Å²) in [5.74, 6) is 0.594. The summed E-state index contributed by atoms with van der Waals surface area (Å²) in [6.45, 7) is 4.44. The van der Waals surface area contributed by atoms with Gasteiger partial charge in [0.2, 0.25) is 5.91 Å². The van der Waals surface area contributed by atoms with E-state index in [4.69, 9.17) is 12.2 Å². The maximum absolute atomic E-state index is 12.6. The highest BCUT2D eigenvalue weighted by molar-refractivity contribution is 8.24. The van der Waals surface area contributed by atoms with Crippen LogP contribution in [0.25, 0.3) is 0 Å². The molecule has 1 aliphatic rings. The molecule has 0 radical (unpaired) electrons. The van der Waals surface area contributed by atoms with E-state index in [1.165, 1.54) is 17.3 Å². The van der Waals surface area contributed by atoms with Crippen LogP contribution in [-0.2, 0) is 11.3 Å². The van der Waals surface area contributed by atoms with Gasteiger partial charge in [-0.05, 0) is 29.7 Å². The molecule has 0 spiro atoms. The Morgan fingerprint density at radius 3 is 2.58 bits per heavy atom. The lowest BCUT2D eigenvalue weighted by atomic mass is 10.2. The Balaban J connectivity index is 1.46. The number of carbonyl (C=O) groups excluding carboxylic acids is 1. The van der Waals surface area contributed by atoms with Crippen LogP contribution in [0.4, 0.5) is 0 Å². The van der Waals surface area contributed by atoms with E-state index in [2.05, 4.69) is 22.0 Å². The average Bonchev–Trinajstić information content (AvgIpc) is 2.93. The second kappa shape index (κ2) is 9.80. The van der Waals surface area contributed by atoms with Crippen molar-refractivity contribution in [2.75, 3.05) is 31.9 Å². The fraction of sp³-hybridized carbons (Fsp3) is 0.350. The van der Waals surface area contributed by atoms with Crippen LogP contribution in [0.15, 0.2) is 54.9 Å². The lowest BCUT2D eigenvalue weighted by molar-refractivity contribution is -0.128. The topological polar surface area (TPSA) is 36.4 Å². The summed E-state index contributed by atoms with van der Waals surface area (Å²) in [4.78, 5) is 21.0. The summed E-state index contributed by atoms with van der Waals surface area (Å²) in [5.41, 5.74) is 2.28. The van der Waals surface area contributed by atoms with E-state index in [1.54, 1.807) is 0 Å². The molecule has 0 atom stereocenters. The summed E-state index contributed by atoms with van der Waals surface area (Å²) in [6, 6.07) is 14.0. The minimum Gasteiger partial charge on any atom is -0.341 e. The van der Waals surface area contributed by atoms with E-state index in [0.717, 1.165) is 48.9 Å². The predicted octanol–water partition coefficient (Wildman–Crippen LogP) is 3.22. The predicted molar refractivity (Wildman–Crippen MR) is 111 cm³/mol. The highest BCUT2D eigenvalue weighted by Crippen LogP contribution is 2.15. The molecule has 26 heavy (non-hydrogen) atoms. The SMILES string of the molecule is O=C(CSC(=S)c1ccccc1)N1CCCN(Cc2ccncc2)CC1. The van der Waals surface area contributed by atoms with Gasteiger partial charge in [0.25, 0.3) is 0 Å². The lowest BCUT2D eigenvalue weighted by Gasteiger charge is -2.22. The van der Waals surface area contributed by atoms with Crippen molar-refractivity contribution < 1.29 is 4.79 Å². The van der Waals surface area contributed by atoms with Gasteiger partial charge in [-0.15, -0.1) is 11.8 Å². The van der Waals surface area contributed by atoms with Crippen molar-refractivity contribution in [3.63, 3.8) is 0 Å². The maximum Gasteiger partial charge on any atom is 0.233 e. The molecular weight excluding hydrogens is 362 g/mol. The van der Waals surface area contributed by atoms with Gasteiger partial charge >= 0.3 is 0 Å². The molecule has 2 aromatic rings. The first kappa shape index (κ1) is 19.0. The molecule has 1 aromatic carbocycles. The average molecular weight is 386 g/mol. The smallest absolute Gasteiger partial charge is 0.233 e. The third-order valence-corrected chi connectivity index (χ3v) is 5.91. The molecule has 1 aliphatic heterocycles. The molecule has 2 heterocycles. The molecule has 0 N–H and O–H groups in total. The second-order valence-corrected chi connectivity index (χ2v) is 7.96. The summed E-state index contributed by atoms with van der Waals surface area (Å²) in [7, 11) is 0. The van der Waals surface area contributed by atoms with Gasteiger partial charge < -0.3 is 4.90 Å². The first-order chi connectivity index (χ1) is 12.7. The second-order valence-electron chi connectivity index (χ2n) is 6.31. The molecule has 1 fully saturated rings. The molecule has 0 unspecified atom stereocenters. The molecule has 136 valence electrons. The van der Waals surface area contributed by atoms with Crippen molar-refractivity contribution in [1.82, 2.24) is 14.8 Å². The van der Waals surface area contributed by atoms with Gasteiger partial charge in [0, 0.05) is 45.1 Å². The first-order valence-electron chi connectivity index (χ1n) is 8.83. The largest absolute Gasteiger partial charge is 0.341 e. The third-order valence-electron chi connectivity index (χ3n) is 4.43. The molecule has 3 rings (SSSR count). The Kier molecular flexibility index (Phi) is 7.17. The Bertz CT molecular complexity index is 724. The zero-order valence-corrected chi connectivity index (χ0v) is 16.3. The fourth-order valence-electron chi connectivity index (χ4n) is 3.00.